The normalized spacial score (nSPS) is 14.7. The van der Waals surface area contributed by atoms with Crippen molar-refractivity contribution >= 4 is 22.4 Å². The lowest BCUT2D eigenvalue weighted by Crippen LogP contribution is -2.12. The van der Waals surface area contributed by atoms with Gasteiger partial charge in [0.15, 0.2) is 5.69 Å². The van der Waals surface area contributed by atoms with Crippen LogP contribution < -0.4 is 5.32 Å². The van der Waals surface area contributed by atoms with Gasteiger partial charge in [0, 0.05) is 11.6 Å². The highest BCUT2D eigenvalue weighted by Crippen LogP contribution is 2.39. The first-order valence-electron chi connectivity index (χ1n) is 5.95. The number of aryl methyl sites for hydroxylation is 1. The van der Waals surface area contributed by atoms with Crippen molar-refractivity contribution in [1.82, 2.24) is 20.4 Å². The number of hydrogen-bond acceptors (Lipinski definition) is 5. The Hall–Kier alpha value is -1.76. The van der Waals surface area contributed by atoms with Crippen LogP contribution in [0.1, 0.15) is 46.9 Å². The molecule has 0 bridgehead atoms. The molecule has 2 aromatic rings. The molecule has 94 valence electrons. The SMILES string of the molecule is CCc1nnc(NC(=O)c2cc(C3CC3)[nH]n2)s1. The Kier molecular flexibility index (Phi) is 2.83. The highest BCUT2D eigenvalue weighted by atomic mass is 32.1. The molecule has 0 radical (unpaired) electrons. The molecule has 2 heterocycles. The minimum absolute atomic E-state index is 0.239. The second-order valence-electron chi connectivity index (χ2n) is 4.29. The van der Waals surface area contributed by atoms with Crippen LogP contribution in [0, 0.1) is 0 Å². The smallest absolute Gasteiger partial charge is 0.277 e. The number of aromatic nitrogens is 4. The fraction of sp³-hybridized carbons (Fsp3) is 0.455. The van der Waals surface area contributed by atoms with Gasteiger partial charge in [-0.25, -0.2) is 0 Å². The summed E-state index contributed by atoms with van der Waals surface area (Å²) in [5, 5.41) is 18.9. The van der Waals surface area contributed by atoms with Crippen molar-refractivity contribution in [2.45, 2.75) is 32.1 Å². The average Bonchev–Trinajstić information content (AvgIpc) is 2.93. The Morgan fingerprint density at radius 2 is 2.39 bits per heavy atom. The number of hydrogen-bond donors (Lipinski definition) is 2. The maximum absolute atomic E-state index is 11.9. The molecule has 2 aromatic heterocycles. The van der Waals surface area contributed by atoms with Gasteiger partial charge < -0.3 is 0 Å². The predicted octanol–water partition coefficient (Wildman–Crippen LogP) is 1.95. The van der Waals surface area contributed by atoms with Crippen LogP contribution in [-0.4, -0.2) is 26.3 Å². The highest BCUT2D eigenvalue weighted by molar-refractivity contribution is 7.15. The average molecular weight is 263 g/mol. The van der Waals surface area contributed by atoms with E-state index in [4.69, 9.17) is 0 Å². The summed E-state index contributed by atoms with van der Waals surface area (Å²) in [6.07, 6.45) is 3.18. The lowest BCUT2D eigenvalue weighted by molar-refractivity contribution is 0.102. The van der Waals surface area contributed by atoms with Crippen LogP contribution in [0.5, 0.6) is 0 Å². The summed E-state index contributed by atoms with van der Waals surface area (Å²) in [6, 6.07) is 1.81. The molecule has 1 aliphatic carbocycles. The Bertz CT molecular complexity index is 572. The molecule has 0 spiro atoms. The van der Waals surface area contributed by atoms with Gasteiger partial charge in [-0.05, 0) is 25.3 Å². The molecule has 0 atom stereocenters. The minimum Gasteiger partial charge on any atom is -0.295 e. The topological polar surface area (TPSA) is 83.6 Å². The third-order valence-corrected chi connectivity index (χ3v) is 3.82. The summed E-state index contributed by atoms with van der Waals surface area (Å²) in [5.74, 6) is 0.323. The second-order valence-corrected chi connectivity index (χ2v) is 5.35. The number of rotatable bonds is 4. The fourth-order valence-corrected chi connectivity index (χ4v) is 2.34. The first-order chi connectivity index (χ1) is 8.76. The van der Waals surface area contributed by atoms with Gasteiger partial charge in [0.05, 0.1) is 0 Å². The van der Waals surface area contributed by atoms with Gasteiger partial charge in [-0.15, -0.1) is 10.2 Å². The van der Waals surface area contributed by atoms with E-state index < -0.39 is 0 Å². The number of aromatic amines is 1. The third-order valence-electron chi connectivity index (χ3n) is 2.84. The summed E-state index contributed by atoms with van der Waals surface area (Å²) in [4.78, 5) is 11.9. The van der Waals surface area contributed by atoms with Crippen molar-refractivity contribution in [2.24, 2.45) is 0 Å². The van der Waals surface area contributed by atoms with Gasteiger partial charge in [-0.1, -0.05) is 18.3 Å². The van der Waals surface area contributed by atoms with E-state index in [-0.39, 0.29) is 5.91 Å². The van der Waals surface area contributed by atoms with Crippen molar-refractivity contribution in [3.8, 4) is 0 Å². The van der Waals surface area contributed by atoms with E-state index in [1.165, 1.54) is 24.2 Å². The highest BCUT2D eigenvalue weighted by Gasteiger charge is 2.26. The second kappa shape index (κ2) is 4.49. The van der Waals surface area contributed by atoms with Gasteiger partial charge in [0.25, 0.3) is 5.91 Å². The van der Waals surface area contributed by atoms with Crippen LogP contribution in [0.2, 0.25) is 0 Å². The maximum Gasteiger partial charge on any atom is 0.277 e. The lowest BCUT2D eigenvalue weighted by Gasteiger charge is -1.95. The van der Waals surface area contributed by atoms with Gasteiger partial charge in [-0.2, -0.15) is 5.10 Å². The Labute approximate surface area is 108 Å². The Morgan fingerprint density at radius 1 is 1.56 bits per heavy atom. The molecule has 1 saturated carbocycles. The lowest BCUT2D eigenvalue weighted by atomic mass is 10.2. The first-order valence-corrected chi connectivity index (χ1v) is 6.77. The summed E-state index contributed by atoms with van der Waals surface area (Å²) >= 11 is 1.39. The maximum atomic E-state index is 11.9. The summed E-state index contributed by atoms with van der Waals surface area (Å²) in [6.45, 7) is 2.00. The van der Waals surface area contributed by atoms with Crippen LogP contribution in [0.4, 0.5) is 5.13 Å². The number of anilines is 1. The van der Waals surface area contributed by atoms with E-state index in [1.54, 1.807) is 0 Å². The van der Waals surface area contributed by atoms with E-state index in [2.05, 4.69) is 25.7 Å². The molecular formula is C11H13N5OS. The molecule has 0 aromatic carbocycles. The van der Waals surface area contributed by atoms with E-state index in [1.807, 2.05) is 13.0 Å². The molecule has 0 aliphatic heterocycles. The van der Waals surface area contributed by atoms with E-state index >= 15 is 0 Å². The molecule has 6 nitrogen and oxygen atoms in total. The number of carbonyl (C=O) groups is 1. The molecule has 7 heteroatoms. The van der Waals surface area contributed by atoms with Crippen LogP contribution >= 0.6 is 11.3 Å². The van der Waals surface area contributed by atoms with E-state index in [0.717, 1.165) is 17.1 Å². The molecular weight excluding hydrogens is 250 g/mol. The van der Waals surface area contributed by atoms with Crippen molar-refractivity contribution in [1.29, 1.82) is 0 Å². The van der Waals surface area contributed by atoms with Gasteiger partial charge >= 0.3 is 0 Å². The fourth-order valence-electron chi connectivity index (χ4n) is 1.66. The first kappa shape index (κ1) is 11.3. The third kappa shape index (κ3) is 2.26. The molecule has 2 N–H and O–H groups in total. The molecule has 0 saturated heterocycles. The summed E-state index contributed by atoms with van der Waals surface area (Å²) in [7, 11) is 0. The Morgan fingerprint density at radius 3 is 3.06 bits per heavy atom. The number of carbonyl (C=O) groups excluding carboxylic acids is 1. The van der Waals surface area contributed by atoms with Crippen molar-refractivity contribution in [3.05, 3.63) is 22.5 Å². The van der Waals surface area contributed by atoms with Gasteiger partial charge in [-0.3, -0.25) is 15.2 Å². The van der Waals surface area contributed by atoms with E-state index in [0.29, 0.717) is 16.7 Å². The number of nitrogens with zero attached hydrogens (tertiary/aromatic N) is 3. The van der Waals surface area contributed by atoms with Crippen LogP contribution in [-0.2, 0) is 6.42 Å². The standard InChI is InChI=1S/C11H13N5OS/c1-2-9-15-16-11(18-9)12-10(17)8-5-7(13-14-8)6-3-4-6/h5-6H,2-4H2,1H3,(H,13,14)(H,12,16,17). The molecule has 18 heavy (non-hydrogen) atoms. The molecule has 1 aliphatic rings. The van der Waals surface area contributed by atoms with Crippen LogP contribution in [0.3, 0.4) is 0 Å². The van der Waals surface area contributed by atoms with Gasteiger partial charge in [0.2, 0.25) is 5.13 Å². The monoisotopic (exact) mass is 263 g/mol. The zero-order valence-corrected chi connectivity index (χ0v) is 10.8. The van der Waals surface area contributed by atoms with Crippen molar-refractivity contribution < 1.29 is 4.79 Å². The zero-order valence-electron chi connectivity index (χ0n) is 9.93. The minimum atomic E-state index is -0.239. The molecule has 0 unspecified atom stereocenters. The number of H-pyrrole nitrogens is 1. The molecule has 1 fully saturated rings. The van der Waals surface area contributed by atoms with Crippen LogP contribution in [0.15, 0.2) is 6.07 Å². The largest absolute Gasteiger partial charge is 0.295 e. The summed E-state index contributed by atoms with van der Waals surface area (Å²) in [5.41, 5.74) is 1.46. The van der Waals surface area contributed by atoms with E-state index in [9.17, 15) is 4.79 Å². The van der Waals surface area contributed by atoms with Crippen LogP contribution in [0.25, 0.3) is 0 Å². The molecule has 3 rings (SSSR count). The van der Waals surface area contributed by atoms with Crippen molar-refractivity contribution in [3.63, 3.8) is 0 Å². The van der Waals surface area contributed by atoms with Gasteiger partial charge in [0.1, 0.15) is 5.01 Å². The number of nitrogens with one attached hydrogen (secondary N) is 2. The zero-order chi connectivity index (χ0) is 12.5. The summed E-state index contributed by atoms with van der Waals surface area (Å²) < 4.78 is 0. The Balaban J connectivity index is 1.69. The quantitative estimate of drug-likeness (QED) is 0.883. The molecule has 1 amide bonds. The number of amides is 1. The van der Waals surface area contributed by atoms with Crippen molar-refractivity contribution in [2.75, 3.05) is 5.32 Å². The predicted molar refractivity (Wildman–Crippen MR) is 67.8 cm³/mol.